The molecule has 0 aromatic heterocycles. The molecule has 5 heteroatoms. The number of benzene rings is 1. The number of nitrogens with one attached hydrogen (secondary N) is 1. The SMILES string of the molecule is NC(=S)c1ccc(NC2CN3CCC2CC3)c(Cl)c1. The Labute approximate surface area is 124 Å². The number of nitrogens with two attached hydrogens (primary N) is 1. The second kappa shape index (κ2) is 5.27. The molecule has 0 spiro atoms. The molecule has 3 aliphatic rings. The minimum Gasteiger partial charge on any atom is -0.389 e. The van der Waals surface area contributed by atoms with Crippen LogP contribution in [0.1, 0.15) is 18.4 Å². The van der Waals surface area contributed by atoms with Crippen molar-refractivity contribution in [3.05, 3.63) is 28.8 Å². The van der Waals surface area contributed by atoms with Crippen LogP contribution in [0.3, 0.4) is 0 Å². The van der Waals surface area contributed by atoms with Gasteiger partial charge in [0.15, 0.2) is 0 Å². The Morgan fingerprint density at radius 1 is 1.37 bits per heavy atom. The van der Waals surface area contributed by atoms with Crippen molar-refractivity contribution in [3.63, 3.8) is 0 Å². The average molecular weight is 296 g/mol. The molecule has 4 rings (SSSR count). The number of hydrogen-bond acceptors (Lipinski definition) is 3. The molecule has 1 unspecified atom stereocenters. The first-order chi connectivity index (χ1) is 9.13. The van der Waals surface area contributed by atoms with Gasteiger partial charge in [0.25, 0.3) is 0 Å². The van der Waals surface area contributed by atoms with E-state index in [4.69, 9.17) is 29.6 Å². The van der Waals surface area contributed by atoms with Crippen molar-refractivity contribution in [2.24, 2.45) is 11.7 Å². The van der Waals surface area contributed by atoms with Gasteiger partial charge in [-0.05, 0) is 50.0 Å². The van der Waals surface area contributed by atoms with Gasteiger partial charge in [-0.1, -0.05) is 23.8 Å². The van der Waals surface area contributed by atoms with E-state index < -0.39 is 0 Å². The summed E-state index contributed by atoms with van der Waals surface area (Å²) in [5, 5.41) is 4.29. The smallest absolute Gasteiger partial charge is 0.104 e. The number of thiocarbonyl (C=S) groups is 1. The largest absolute Gasteiger partial charge is 0.389 e. The molecule has 1 aromatic rings. The lowest BCUT2D eigenvalue weighted by atomic mass is 9.84. The van der Waals surface area contributed by atoms with Crippen LogP contribution in [0, 0.1) is 5.92 Å². The molecule has 3 N–H and O–H groups in total. The van der Waals surface area contributed by atoms with Gasteiger partial charge >= 0.3 is 0 Å². The maximum atomic E-state index is 6.30. The molecule has 102 valence electrons. The summed E-state index contributed by atoms with van der Waals surface area (Å²) in [7, 11) is 0. The molecule has 1 atom stereocenters. The molecule has 1 aromatic carbocycles. The van der Waals surface area contributed by atoms with E-state index in [9.17, 15) is 0 Å². The summed E-state index contributed by atoms with van der Waals surface area (Å²) in [6.07, 6.45) is 2.58. The van der Waals surface area contributed by atoms with Crippen molar-refractivity contribution < 1.29 is 0 Å². The lowest BCUT2D eigenvalue weighted by Crippen LogP contribution is -2.53. The van der Waals surface area contributed by atoms with Crippen LogP contribution in [-0.2, 0) is 0 Å². The second-order valence-corrected chi connectivity index (χ2v) is 6.29. The first kappa shape index (κ1) is 13.2. The summed E-state index contributed by atoms with van der Waals surface area (Å²) in [6, 6.07) is 6.26. The van der Waals surface area contributed by atoms with E-state index in [1.165, 1.54) is 25.9 Å². The lowest BCUT2D eigenvalue weighted by molar-refractivity contribution is 0.0975. The molecule has 3 saturated heterocycles. The predicted molar refractivity (Wildman–Crippen MR) is 83.9 cm³/mol. The fourth-order valence-corrected chi connectivity index (χ4v) is 3.48. The van der Waals surface area contributed by atoms with Gasteiger partial charge < -0.3 is 16.0 Å². The molecule has 2 bridgehead atoms. The third-order valence-electron chi connectivity index (χ3n) is 4.25. The Kier molecular flexibility index (Phi) is 3.65. The first-order valence-electron chi connectivity index (χ1n) is 6.72. The zero-order valence-corrected chi connectivity index (χ0v) is 12.3. The van der Waals surface area contributed by atoms with Gasteiger partial charge in [-0.15, -0.1) is 0 Å². The Bertz CT molecular complexity index is 497. The lowest BCUT2D eigenvalue weighted by Gasteiger charge is -2.45. The van der Waals surface area contributed by atoms with Gasteiger partial charge in [0.2, 0.25) is 0 Å². The van der Waals surface area contributed by atoms with Crippen LogP contribution in [0.25, 0.3) is 0 Å². The number of halogens is 1. The zero-order valence-electron chi connectivity index (χ0n) is 10.7. The van der Waals surface area contributed by atoms with E-state index in [2.05, 4.69) is 10.2 Å². The van der Waals surface area contributed by atoms with Crippen LogP contribution >= 0.6 is 23.8 Å². The minimum atomic E-state index is 0.385. The molecule has 0 radical (unpaired) electrons. The fourth-order valence-electron chi connectivity index (χ4n) is 3.11. The summed E-state index contributed by atoms with van der Waals surface area (Å²) in [5.41, 5.74) is 7.42. The summed E-state index contributed by atoms with van der Waals surface area (Å²) in [6.45, 7) is 3.62. The molecular weight excluding hydrogens is 278 g/mol. The maximum absolute atomic E-state index is 6.30. The Balaban J connectivity index is 1.75. The van der Waals surface area contributed by atoms with Crippen molar-refractivity contribution in [1.82, 2.24) is 4.90 Å². The monoisotopic (exact) mass is 295 g/mol. The highest BCUT2D eigenvalue weighted by molar-refractivity contribution is 7.80. The summed E-state index contributed by atoms with van der Waals surface area (Å²) in [4.78, 5) is 2.91. The zero-order chi connectivity index (χ0) is 13.4. The molecular formula is C14H18ClN3S. The van der Waals surface area contributed by atoms with Crippen LogP contribution in [0.15, 0.2) is 18.2 Å². The highest BCUT2D eigenvalue weighted by atomic mass is 35.5. The molecule has 3 heterocycles. The van der Waals surface area contributed by atoms with E-state index in [0.717, 1.165) is 23.7 Å². The van der Waals surface area contributed by atoms with E-state index in [0.29, 0.717) is 16.1 Å². The van der Waals surface area contributed by atoms with Crippen LogP contribution in [0.5, 0.6) is 0 Å². The van der Waals surface area contributed by atoms with Gasteiger partial charge in [0.1, 0.15) is 4.99 Å². The summed E-state index contributed by atoms with van der Waals surface area (Å²) in [5.74, 6) is 0.774. The quantitative estimate of drug-likeness (QED) is 0.841. The summed E-state index contributed by atoms with van der Waals surface area (Å²) < 4.78 is 0. The maximum Gasteiger partial charge on any atom is 0.104 e. The Hall–Kier alpha value is -0.840. The fraction of sp³-hybridized carbons (Fsp3) is 0.500. The van der Waals surface area contributed by atoms with Crippen molar-refractivity contribution in [3.8, 4) is 0 Å². The van der Waals surface area contributed by atoms with Gasteiger partial charge in [0.05, 0.1) is 10.7 Å². The first-order valence-corrected chi connectivity index (χ1v) is 7.50. The molecule has 0 amide bonds. The normalized spacial score (nSPS) is 29.2. The summed E-state index contributed by atoms with van der Waals surface area (Å²) >= 11 is 11.3. The standard InChI is InChI=1S/C14H18ClN3S/c15-11-7-10(14(16)19)1-2-12(11)17-13-8-18-5-3-9(13)4-6-18/h1-2,7,9,13,17H,3-6,8H2,(H2,16,19). The molecule has 19 heavy (non-hydrogen) atoms. The molecule has 0 aliphatic carbocycles. The molecule has 3 nitrogen and oxygen atoms in total. The molecule has 3 fully saturated rings. The number of rotatable bonds is 3. The second-order valence-electron chi connectivity index (χ2n) is 5.45. The van der Waals surface area contributed by atoms with Crippen LogP contribution in [0.4, 0.5) is 5.69 Å². The number of fused-ring (bicyclic) bond motifs is 3. The average Bonchev–Trinajstić information content (AvgIpc) is 2.42. The van der Waals surface area contributed by atoms with Crippen molar-refractivity contribution in [1.29, 1.82) is 0 Å². The van der Waals surface area contributed by atoms with Gasteiger partial charge in [-0.25, -0.2) is 0 Å². The van der Waals surface area contributed by atoms with E-state index in [-0.39, 0.29) is 0 Å². The van der Waals surface area contributed by atoms with Gasteiger partial charge in [-0.3, -0.25) is 0 Å². The van der Waals surface area contributed by atoms with Crippen molar-refractivity contribution in [2.45, 2.75) is 18.9 Å². The Morgan fingerprint density at radius 3 is 2.63 bits per heavy atom. The third-order valence-corrected chi connectivity index (χ3v) is 4.80. The van der Waals surface area contributed by atoms with E-state index in [1.807, 2.05) is 18.2 Å². The van der Waals surface area contributed by atoms with Gasteiger partial charge in [0, 0.05) is 18.2 Å². The Morgan fingerprint density at radius 2 is 2.11 bits per heavy atom. The van der Waals surface area contributed by atoms with Gasteiger partial charge in [-0.2, -0.15) is 0 Å². The topological polar surface area (TPSA) is 41.3 Å². The molecule has 3 aliphatic heterocycles. The minimum absolute atomic E-state index is 0.385. The van der Waals surface area contributed by atoms with Crippen molar-refractivity contribution in [2.75, 3.05) is 25.0 Å². The number of hydrogen-bond donors (Lipinski definition) is 2. The van der Waals surface area contributed by atoms with E-state index in [1.54, 1.807) is 0 Å². The van der Waals surface area contributed by atoms with E-state index >= 15 is 0 Å². The van der Waals surface area contributed by atoms with Crippen LogP contribution in [0.2, 0.25) is 5.02 Å². The number of piperidine rings is 3. The highest BCUT2D eigenvalue weighted by Crippen LogP contribution is 2.32. The van der Waals surface area contributed by atoms with Crippen LogP contribution < -0.4 is 11.1 Å². The van der Waals surface area contributed by atoms with Crippen molar-refractivity contribution >= 4 is 34.5 Å². The number of anilines is 1. The number of nitrogens with zero attached hydrogens (tertiary/aromatic N) is 1. The van der Waals surface area contributed by atoms with Crippen LogP contribution in [-0.4, -0.2) is 35.6 Å². The molecule has 0 saturated carbocycles. The highest BCUT2D eigenvalue weighted by Gasteiger charge is 2.34. The predicted octanol–water partition coefficient (Wildman–Crippen LogP) is 2.48. The third kappa shape index (κ3) is 2.71.